The Balaban J connectivity index is 1.81. The number of rotatable bonds is 5. The maximum Gasteiger partial charge on any atom is 0.267 e. The number of pyridine rings is 1. The zero-order valence-corrected chi connectivity index (χ0v) is 17.0. The van der Waals surface area contributed by atoms with Gasteiger partial charge in [-0.05, 0) is 44.5 Å². The molecule has 164 valence electrons. The van der Waals surface area contributed by atoms with E-state index in [0.717, 1.165) is 0 Å². The van der Waals surface area contributed by atoms with Crippen LogP contribution in [0.25, 0.3) is 0 Å². The summed E-state index contributed by atoms with van der Waals surface area (Å²) in [4.78, 5) is 16.2. The molecule has 0 bridgehead atoms. The molecule has 30 heavy (non-hydrogen) atoms. The second-order valence-corrected chi connectivity index (χ2v) is 7.73. The summed E-state index contributed by atoms with van der Waals surface area (Å²) in [5, 5.41) is 5.51. The Morgan fingerprint density at radius 1 is 1.13 bits per heavy atom. The highest BCUT2D eigenvalue weighted by Gasteiger charge is 2.45. The van der Waals surface area contributed by atoms with Gasteiger partial charge >= 0.3 is 0 Å². The van der Waals surface area contributed by atoms with Crippen LogP contribution in [0.4, 0.5) is 17.6 Å². The highest BCUT2D eigenvalue weighted by molar-refractivity contribution is 6.29. The lowest BCUT2D eigenvalue weighted by Gasteiger charge is -2.22. The molecule has 3 rings (SSSR count). The molecule has 2 aliphatic rings. The Morgan fingerprint density at radius 2 is 1.80 bits per heavy atom. The largest absolute Gasteiger partial charge is 0.346 e. The summed E-state index contributed by atoms with van der Waals surface area (Å²) >= 11 is 5.89. The minimum atomic E-state index is -2.92. The Bertz CT molecular complexity index is 829. The molecule has 0 amide bonds. The van der Waals surface area contributed by atoms with Crippen molar-refractivity contribution in [1.82, 2.24) is 15.6 Å². The predicted octanol–water partition coefficient (Wildman–Crippen LogP) is 4.05. The Kier molecular flexibility index (Phi) is 7.07. The molecule has 2 saturated carbocycles. The number of nitrogens with one attached hydrogen (secondary N) is 2. The summed E-state index contributed by atoms with van der Waals surface area (Å²) in [6.45, 7) is 3.22. The van der Waals surface area contributed by atoms with E-state index in [4.69, 9.17) is 11.6 Å². The first-order valence-electron chi connectivity index (χ1n) is 9.69. The van der Waals surface area contributed by atoms with Crippen LogP contribution >= 0.6 is 11.6 Å². The van der Waals surface area contributed by atoms with Gasteiger partial charge in [0.15, 0.2) is 5.84 Å². The average molecular weight is 447 g/mol. The standard InChI is InChI=1S/C19H23ClF4N6/c1-25-16(12-5-2-8-15(20)28-12)30-17(29-14-7-4-10-19(14,23)24)27-11-26-13-6-3-9-18(13,21)22/h2,5,8,13-14,26H,1,3-4,6-7,9-11H2,(H,27,29). The quantitative estimate of drug-likeness (QED) is 0.310. The lowest BCUT2D eigenvalue weighted by Crippen LogP contribution is -2.44. The molecule has 2 unspecified atom stereocenters. The fourth-order valence-electron chi connectivity index (χ4n) is 3.59. The van der Waals surface area contributed by atoms with E-state index in [1.54, 1.807) is 18.2 Å². The van der Waals surface area contributed by atoms with Gasteiger partial charge in [-0.15, -0.1) is 0 Å². The second-order valence-electron chi connectivity index (χ2n) is 7.34. The third-order valence-corrected chi connectivity index (χ3v) is 5.41. The van der Waals surface area contributed by atoms with Gasteiger partial charge in [0.2, 0.25) is 5.96 Å². The number of nitrogens with zero attached hydrogens (tertiary/aromatic N) is 4. The number of hydrogen-bond donors (Lipinski definition) is 2. The van der Waals surface area contributed by atoms with Crippen LogP contribution in [0.5, 0.6) is 0 Å². The van der Waals surface area contributed by atoms with E-state index >= 15 is 0 Å². The van der Waals surface area contributed by atoms with Crippen molar-refractivity contribution in [2.24, 2.45) is 15.0 Å². The van der Waals surface area contributed by atoms with Crippen LogP contribution in [0.2, 0.25) is 5.15 Å². The van der Waals surface area contributed by atoms with Crippen LogP contribution < -0.4 is 10.6 Å². The van der Waals surface area contributed by atoms with Gasteiger partial charge in [-0.3, -0.25) is 5.32 Å². The molecule has 2 aliphatic carbocycles. The Labute approximate surface area is 176 Å². The van der Waals surface area contributed by atoms with Gasteiger partial charge in [0.1, 0.15) is 10.8 Å². The fourth-order valence-corrected chi connectivity index (χ4v) is 3.75. The summed E-state index contributed by atoms with van der Waals surface area (Å²) in [5.41, 5.74) is 0.278. The van der Waals surface area contributed by atoms with Gasteiger partial charge in [-0.2, -0.15) is 4.99 Å². The van der Waals surface area contributed by atoms with Crippen LogP contribution in [-0.2, 0) is 0 Å². The predicted molar refractivity (Wildman–Crippen MR) is 109 cm³/mol. The summed E-state index contributed by atoms with van der Waals surface area (Å²) in [5.74, 6) is -5.86. The van der Waals surface area contributed by atoms with Gasteiger partial charge in [0, 0.05) is 12.8 Å². The third kappa shape index (κ3) is 5.54. The Morgan fingerprint density at radius 3 is 2.37 bits per heavy atom. The van der Waals surface area contributed by atoms with Crippen LogP contribution in [0.15, 0.2) is 33.2 Å². The van der Waals surface area contributed by atoms with Crippen molar-refractivity contribution in [3.63, 3.8) is 0 Å². The molecule has 1 aromatic heterocycles. The SMILES string of the molecule is C=NC(=NC(=NCNC1CCCC1(F)F)NC1CCCC1(F)F)c1cccc(Cl)n1. The van der Waals surface area contributed by atoms with Gasteiger partial charge in [0.05, 0.1) is 18.8 Å². The van der Waals surface area contributed by atoms with Crippen LogP contribution in [0, 0.1) is 0 Å². The van der Waals surface area contributed by atoms with E-state index in [9.17, 15) is 17.6 Å². The molecule has 0 saturated heterocycles. The first-order chi connectivity index (χ1) is 14.2. The van der Waals surface area contributed by atoms with E-state index in [2.05, 4.69) is 37.3 Å². The number of hydrogen-bond acceptors (Lipinski definition) is 3. The molecule has 2 N–H and O–H groups in total. The molecule has 0 aromatic carbocycles. The van der Waals surface area contributed by atoms with Crippen molar-refractivity contribution in [3.05, 3.63) is 29.0 Å². The van der Waals surface area contributed by atoms with Gasteiger partial charge in [-0.25, -0.2) is 32.5 Å². The fraction of sp³-hybridized carbons (Fsp3) is 0.579. The van der Waals surface area contributed by atoms with Crippen LogP contribution in [-0.4, -0.2) is 54.1 Å². The summed E-state index contributed by atoms with van der Waals surface area (Å²) in [7, 11) is 0. The summed E-state index contributed by atoms with van der Waals surface area (Å²) in [6, 6.07) is 2.60. The molecular weight excluding hydrogens is 424 g/mol. The van der Waals surface area contributed by atoms with E-state index in [0.29, 0.717) is 19.3 Å². The van der Waals surface area contributed by atoms with Crippen molar-refractivity contribution < 1.29 is 17.6 Å². The molecular formula is C19H23ClF4N6. The van der Waals surface area contributed by atoms with Crippen molar-refractivity contribution in [2.45, 2.75) is 62.5 Å². The van der Waals surface area contributed by atoms with E-state index in [-0.39, 0.29) is 48.6 Å². The molecule has 0 aliphatic heterocycles. The molecule has 0 radical (unpaired) electrons. The summed E-state index contributed by atoms with van der Waals surface area (Å²) < 4.78 is 55.8. The van der Waals surface area contributed by atoms with Crippen LogP contribution in [0.1, 0.15) is 44.2 Å². The van der Waals surface area contributed by atoms with E-state index in [1.807, 2.05) is 0 Å². The second kappa shape index (κ2) is 9.38. The zero-order chi connectivity index (χ0) is 21.8. The van der Waals surface area contributed by atoms with E-state index in [1.165, 1.54) is 0 Å². The molecule has 1 heterocycles. The number of amidine groups is 1. The van der Waals surface area contributed by atoms with Crippen LogP contribution in [0.3, 0.4) is 0 Å². The number of alkyl halides is 4. The summed E-state index contributed by atoms with van der Waals surface area (Å²) in [6.07, 6.45) is 0.907. The average Bonchev–Trinajstić information content (AvgIpc) is 3.19. The third-order valence-electron chi connectivity index (χ3n) is 5.20. The molecule has 1 aromatic rings. The normalized spacial score (nSPS) is 26.0. The Hall–Kier alpha value is -2.07. The molecule has 2 fully saturated rings. The smallest absolute Gasteiger partial charge is 0.267 e. The molecule has 0 spiro atoms. The van der Waals surface area contributed by atoms with Crippen molar-refractivity contribution in [3.8, 4) is 0 Å². The molecule has 11 heteroatoms. The molecule has 6 nitrogen and oxygen atoms in total. The van der Waals surface area contributed by atoms with Crippen molar-refractivity contribution in [1.29, 1.82) is 0 Å². The monoisotopic (exact) mass is 446 g/mol. The van der Waals surface area contributed by atoms with Crippen molar-refractivity contribution >= 4 is 30.1 Å². The number of aromatic nitrogens is 1. The highest BCUT2D eigenvalue weighted by atomic mass is 35.5. The minimum absolute atomic E-state index is 0.0243. The lowest BCUT2D eigenvalue weighted by molar-refractivity contribution is -0.0174. The van der Waals surface area contributed by atoms with E-state index < -0.39 is 23.9 Å². The zero-order valence-electron chi connectivity index (χ0n) is 16.2. The number of aliphatic imine (C=N–C) groups is 3. The first kappa shape index (κ1) is 22.6. The van der Waals surface area contributed by atoms with Gasteiger partial charge < -0.3 is 5.32 Å². The maximum absolute atomic E-state index is 14.1. The minimum Gasteiger partial charge on any atom is -0.346 e. The number of halogens is 5. The first-order valence-corrected chi connectivity index (χ1v) is 10.1. The molecule has 2 atom stereocenters. The van der Waals surface area contributed by atoms with Gasteiger partial charge in [-0.1, -0.05) is 17.7 Å². The van der Waals surface area contributed by atoms with Gasteiger partial charge in [0.25, 0.3) is 11.8 Å². The lowest BCUT2D eigenvalue weighted by atomic mass is 10.2. The number of guanidine groups is 1. The topological polar surface area (TPSA) is 74.0 Å². The van der Waals surface area contributed by atoms with Crippen molar-refractivity contribution in [2.75, 3.05) is 6.67 Å². The highest BCUT2D eigenvalue weighted by Crippen LogP contribution is 2.35. The maximum atomic E-state index is 14.1.